The monoisotopic (exact) mass is 313 g/mol. The molecule has 3 heterocycles. The molecule has 2 aliphatic rings. The smallest absolute Gasteiger partial charge is 0.352 e. The first kappa shape index (κ1) is 14.6. The van der Waals surface area contributed by atoms with Crippen LogP contribution >= 0.6 is 0 Å². The number of nitrogens with zero attached hydrogens (tertiary/aromatic N) is 2. The summed E-state index contributed by atoms with van der Waals surface area (Å²) in [6.45, 7) is 2.76. The molecule has 7 nitrogen and oxygen atoms in total. The Balaban J connectivity index is 1.79. The van der Waals surface area contributed by atoms with E-state index in [9.17, 15) is 13.2 Å². The van der Waals surface area contributed by atoms with Crippen molar-refractivity contribution in [2.24, 2.45) is 0 Å². The van der Waals surface area contributed by atoms with Gasteiger partial charge in [-0.25, -0.2) is 13.2 Å². The summed E-state index contributed by atoms with van der Waals surface area (Å²) in [5, 5.41) is 8.88. The molecule has 0 aliphatic carbocycles. The van der Waals surface area contributed by atoms with Gasteiger partial charge in [-0.2, -0.15) is 4.31 Å². The third-order valence-corrected chi connectivity index (χ3v) is 6.17. The Hall–Kier alpha value is -1.38. The number of carbonyl (C=O) groups is 1. The number of piperazine rings is 1. The van der Waals surface area contributed by atoms with E-state index in [-0.39, 0.29) is 10.6 Å². The number of sulfonamides is 1. The number of aromatic carboxylic acids is 1. The van der Waals surface area contributed by atoms with Gasteiger partial charge in [0.15, 0.2) is 0 Å². The van der Waals surface area contributed by atoms with Crippen LogP contribution in [0, 0.1) is 0 Å². The van der Waals surface area contributed by atoms with E-state index in [4.69, 9.17) is 5.11 Å². The van der Waals surface area contributed by atoms with Gasteiger partial charge in [0, 0.05) is 31.9 Å². The van der Waals surface area contributed by atoms with Crippen LogP contribution < -0.4 is 0 Å². The lowest BCUT2D eigenvalue weighted by Crippen LogP contribution is -2.56. The van der Waals surface area contributed by atoms with Gasteiger partial charge in [0.2, 0.25) is 10.0 Å². The third-order valence-electron chi connectivity index (χ3n) is 4.32. The molecule has 2 aliphatic heterocycles. The Kier molecular flexibility index (Phi) is 3.76. The molecule has 0 spiro atoms. The first-order valence-corrected chi connectivity index (χ1v) is 8.58. The highest BCUT2D eigenvalue weighted by Crippen LogP contribution is 2.25. The fourth-order valence-electron chi connectivity index (χ4n) is 3.14. The van der Waals surface area contributed by atoms with E-state index in [0.29, 0.717) is 19.1 Å². The maximum absolute atomic E-state index is 12.6. The minimum Gasteiger partial charge on any atom is -0.477 e. The summed E-state index contributed by atoms with van der Waals surface area (Å²) >= 11 is 0. The largest absolute Gasteiger partial charge is 0.477 e. The summed E-state index contributed by atoms with van der Waals surface area (Å²) < 4.78 is 26.7. The molecule has 8 heteroatoms. The predicted octanol–water partition coefficient (Wildman–Crippen LogP) is 0.572. The van der Waals surface area contributed by atoms with E-state index >= 15 is 0 Å². The molecule has 21 heavy (non-hydrogen) atoms. The average Bonchev–Trinajstić information content (AvgIpc) is 2.97. The van der Waals surface area contributed by atoms with Crippen molar-refractivity contribution in [3.8, 4) is 0 Å². The zero-order chi connectivity index (χ0) is 15.0. The third kappa shape index (κ3) is 2.70. The standard InChI is InChI=1S/C13H19N3O4S/c17-13(18)12-7-11(8-14-12)21(19,20)16-6-5-15-4-2-1-3-10(15)9-16/h7-8,10,14H,1-6,9H2,(H,17,18). The number of aromatic amines is 1. The Morgan fingerprint density at radius 1 is 1.29 bits per heavy atom. The van der Waals surface area contributed by atoms with E-state index < -0.39 is 16.0 Å². The Morgan fingerprint density at radius 2 is 2.10 bits per heavy atom. The molecule has 116 valence electrons. The van der Waals surface area contributed by atoms with Crippen molar-refractivity contribution in [2.45, 2.75) is 30.2 Å². The van der Waals surface area contributed by atoms with Gasteiger partial charge in [0.25, 0.3) is 0 Å². The summed E-state index contributed by atoms with van der Waals surface area (Å²) in [6.07, 6.45) is 4.61. The molecule has 1 aromatic rings. The Bertz CT molecular complexity index is 640. The summed E-state index contributed by atoms with van der Waals surface area (Å²) in [5.41, 5.74) is -0.107. The maximum Gasteiger partial charge on any atom is 0.352 e. The van der Waals surface area contributed by atoms with E-state index in [1.807, 2.05) is 0 Å². The fraction of sp³-hybridized carbons (Fsp3) is 0.615. The number of carboxylic acid groups (broad SMARTS) is 1. The second kappa shape index (κ2) is 5.43. The summed E-state index contributed by atoms with van der Waals surface area (Å²) in [4.78, 5) is 15.7. The van der Waals surface area contributed by atoms with Crippen LogP contribution in [0.4, 0.5) is 0 Å². The van der Waals surface area contributed by atoms with Gasteiger partial charge in [0.05, 0.1) is 0 Å². The van der Waals surface area contributed by atoms with Crippen molar-refractivity contribution >= 4 is 16.0 Å². The van der Waals surface area contributed by atoms with Crippen molar-refractivity contribution in [3.63, 3.8) is 0 Å². The Labute approximate surface area is 123 Å². The molecule has 0 saturated carbocycles. The van der Waals surface area contributed by atoms with Crippen LogP contribution in [0.25, 0.3) is 0 Å². The molecule has 0 bridgehead atoms. The SMILES string of the molecule is O=C(O)c1cc(S(=O)(=O)N2CCN3CCCCC3C2)c[nH]1. The number of piperidine rings is 1. The fourth-order valence-corrected chi connectivity index (χ4v) is 4.60. The normalized spacial score (nSPS) is 24.7. The lowest BCUT2D eigenvalue weighted by Gasteiger charge is -2.43. The lowest BCUT2D eigenvalue weighted by molar-refractivity contribution is 0.0691. The van der Waals surface area contributed by atoms with Crippen LogP contribution in [0.15, 0.2) is 17.2 Å². The number of H-pyrrole nitrogens is 1. The number of nitrogens with one attached hydrogen (secondary N) is 1. The molecule has 0 amide bonds. The predicted molar refractivity (Wildman–Crippen MR) is 75.7 cm³/mol. The van der Waals surface area contributed by atoms with Gasteiger partial charge in [-0.3, -0.25) is 4.90 Å². The van der Waals surface area contributed by atoms with Crippen LogP contribution in [0.2, 0.25) is 0 Å². The van der Waals surface area contributed by atoms with Crippen LogP contribution in [0.1, 0.15) is 29.8 Å². The topological polar surface area (TPSA) is 93.7 Å². The van der Waals surface area contributed by atoms with Gasteiger partial charge in [-0.05, 0) is 25.5 Å². The van der Waals surface area contributed by atoms with Gasteiger partial charge >= 0.3 is 5.97 Å². The van der Waals surface area contributed by atoms with E-state index in [1.54, 1.807) is 0 Å². The average molecular weight is 313 g/mol. The minimum absolute atomic E-state index is 0.0316. The first-order valence-electron chi connectivity index (χ1n) is 7.14. The number of carboxylic acids is 1. The lowest BCUT2D eigenvalue weighted by atomic mass is 10.0. The van der Waals surface area contributed by atoms with Gasteiger partial charge in [0.1, 0.15) is 10.6 Å². The molecule has 2 fully saturated rings. The minimum atomic E-state index is -3.61. The molecular formula is C13H19N3O4S. The molecule has 2 saturated heterocycles. The van der Waals surface area contributed by atoms with Gasteiger partial charge < -0.3 is 10.1 Å². The number of hydrogen-bond donors (Lipinski definition) is 2. The van der Waals surface area contributed by atoms with Gasteiger partial charge in [-0.15, -0.1) is 0 Å². The summed E-state index contributed by atoms with van der Waals surface area (Å²) in [7, 11) is -3.61. The summed E-state index contributed by atoms with van der Waals surface area (Å²) in [6, 6.07) is 1.48. The van der Waals surface area contributed by atoms with Crippen molar-refractivity contribution < 1.29 is 18.3 Å². The number of rotatable bonds is 3. The number of fused-ring (bicyclic) bond motifs is 1. The van der Waals surface area contributed by atoms with Gasteiger partial charge in [-0.1, -0.05) is 6.42 Å². The quantitative estimate of drug-likeness (QED) is 0.851. The molecule has 0 aromatic carbocycles. The van der Waals surface area contributed by atoms with E-state index in [1.165, 1.54) is 23.0 Å². The van der Waals surface area contributed by atoms with Crippen molar-refractivity contribution in [1.29, 1.82) is 0 Å². The zero-order valence-corrected chi connectivity index (χ0v) is 12.5. The molecule has 3 rings (SSSR count). The number of hydrogen-bond acceptors (Lipinski definition) is 4. The molecule has 2 N–H and O–H groups in total. The molecule has 0 radical (unpaired) electrons. The highest BCUT2D eigenvalue weighted by Gasteiger charge is 2.35. The molecular weight excluding hydrogens is 294 g/mol. The first-order chi connectivity index (χ1) is 9.98. The van der Waals surface area contributed by atoms with Crippen LogP contribution in [0.5, 0.6) is 0 Å². The van der Waals surface area contributed by atoms with Crippen molar-refractivity contribution in [3.05, 3.63) is 18.0 Å². The second-order valence-electron chi connectivity index (χ2n) is 5.60. The highest BCUT2D eigenvalue weighted by atomic mass is 32.2. The van der Waals surface area contributed by atoms with Crippen molar-refractivity contribution in [1.82, 2.24) is 14.2 Å². The number of aromatic nitrogens is 1. The molecule has 1 atom stereocenters. The zero-order valence-electron chi connectivity index (χ0n) is 11.7. The molecule has 1 aromatic heterocycles. The summed E-state index contributed by atoms with van der Waals surface area (Å²) in [5.74, 6) is -1.16. The highest BCUT2D eigenvalue weighted by molar-refractivity contribution is 7.89. The van der Waals surface area contributed by atoms with Crippen LogP contribution in [0.3, 0.4) is 0 Å². The van der Waals surface area contributed by atoms with E-state index in [2.05, 4.69) is 9.88 Å². The van der Waals surface area contributed by atoms with Crippen LogP contribution in [-0.2, 0) is 10.0 Å². The molecule has 1 unspecified atom stereocenters. The van der Waals surface area contributed by atoms with E-state index in [0.717, 1.165) is 25.9 Å². The maximum atomic E-state index is 12.6. The Morgan fingerprint density at radius 3 is 2.81 bits per heavy atom. The van der Waals surface area contributed by atoms with Crippen molar-refractivity contribution in [2.75, 3.05) is 26.2 Å². The van der Waals surface area contributed by atoms with Crippen LogP contribution in [-0.4, -0.2) is 65.9 Å². The second-order valence-corrected chi connectivity index (χ2v) is 7.54.